The van der Waals surface area contributed by atoms with Gasteiger partial charge in [0, 0.05) is 11.1 Å². The zero-order valence-corrected chi connectivity index (χ0v) is 15.6. The summed E-state index contributed by atoms with van der Waals surface area (Å²) in [4.78, 5) is 0. The lowest BCUT2D eigenvalue weighted by molar-refractivity contribution is 0.545. The topological polar surface area (TPSA) is 0 Å². The highest BCUT2D eigenvalue weighted by Crippen LogP contribution is 2.21. The van der Waals surface area contributed by atoms with E-state index in [9.17, 15) is 13.2 Å². The molecule has 2 aromatic rings. The van der Waals surface area contributed by atoms with Gasteiger partial charge in [0.05, 0.1) is 0 Å². The van der Waals surface area contributed by atoms with E-state index in [1.54, 1.807) is 18.2 Å². The standard InChI is InChI=1S/C23H27F3/c1-3-5-7-20-22(25)15-18(16-23(20)26)10-9-17-11-13-19(14-12-17)21(24)8-6-4-2/h8,11-16H,3-7,9-10H2,1-2H3. The van der Waals surface area contributed by atoms with Gasteiger partial charge >= 0.3 is 0 Å². The summed E-state index contributed by atoms with van der Waals surface area (Å²) in [6.45, 7) is 4.01. The maximum absolute atomic E-state index is 14.1. The minimum Gasteiger partial charge on any atom is -0.207 e. The molecule has 26 heavy (non-hydrogen) atoms. The van der Waals surface area contributed by atoms with E-state index in [0.29, 0.717) is 30.4 Å². The zero-order valence-electron chi connectivity index (χ0n) is 15.6. The molecule has 0 nitrogen and oxygen atoms in total. The van der Waals surface area contributed by atoms with Crippen LogP contribution in [0.5, 0.6) is 0 Å². The van der Waals surface area contributed by atoms with Gasteiger partial charge in [-0.05, 0) is 61.4 Å². The van der Waals surface area contributed by atoms with Crippen LogP contribution in [-0.4, -0.2) is 0 Å². The highest BCUT2D eigenvalue weighted by molar-refractivity contribution is 5.59. The number of hydrogen-bond acceptors (Lipinski definition) is 0. The summed E-state index contributed by atoms with van der Waals surface area (Å²) in [7, 11) is 0. The Morgan fingerprint density at radius 3 is 2.04 bits per heavy atom. The molecule has 2 aromatic carbocycles. The molecule has 0 spiro atoms. The fourth-order valence-corrected chi connectivity index (χ4v) is 2.90. The van der Waals surface area contributed by atoms with Crippen molar-refractivity contribution in [3.63, 3.8) is 0 Å². The van der Waals surface area contributed by atoms with E-state index in [-0.39, 0.29) is 11.4 Å². The van der Waals surface area contributed by atoms with Crippen LogP contribution < -0.4 is 0 Å². The Kier molecular flexibility index (Phi) is 7.96. The minimum atomic E-state index is -0.452. The van der Waals surface area contributed by atoms with Crippen LogP contribution in [0.25, 0.3) is 5.83 Å². The molecule has 0 fully saturated rings. The van der Waals surface area contributed by atoms with Crippen molar-refractivity contribution in [1.29, 1.82) is 0 Å². The minimum absolute atomic E-state index is 0.189. The molecule has 140 valence electrons. The van der Waals surface area contributed by atoms with Gasteiger partial charge in [0.25, 0.3) is 0 Å². The van der Waals surface area contributed by atoms with Crippen LogP contribution in [-0.2, 0) is 19.3 Å². The summed E-state index contributed by atoms with van der Waals surface area (Å²) in [6, 6.07) is 10.1. The quantitative estimate of drug-likeness (QED) is 0.443. The third-order valence-electron chi connectivity index (χ3n) is 4.53. The second-order valence-corrected chi connectivity index (χ2v) is 6.68. The van der Waals surface area contributed by atoms with Crippen LogP contribution in [0, 0.1) is 11.6 Å². The van der Waals surface area contributed by atoms with E-state index in [4.69, 9.17) is 0 Å². The maximum atomic E-state index is 14.1. The first-order valence-electron chi connectivity index (χ1n) is 9.46. The molecule has 3 heteroatoms. The monoisotopic (exact) mass is 360 g/mol. The average Bonchev–Trinajstić information content (AvgIpc) is 2.64. The van der Waals surface area contributed by atoms with Gasteiger partial charge in [0.2, 0.25) is 0 Å². The first kappa shape index (κ1) is 20.3. The van der Waals surface area contributed by atoms with E-state index < -0.39 is 11.6 Å². The van der Waals surface area contributed by atoms with Gasteiger partial charge in [-0.1, -0.05) is 51.0 Å². The summed E-state index contributed by atoms with van der Waals surface area (Å²) in [5, 5.41) is 0. The van der Waals surface area contributed by atoms with Crippen molar-refractivity contribution in [2.45, 2.75) is 58.8 Å². The van der Waals surface area contributed by atoms with Crippen molar-refractivity contribution in [3.8, 4) is 0 Å². The first-order chi connectivity index (χ1) is 12.5. The molecule has 0 amide bonds. The molecule has 0 aliphatic heterocycles. The molecule has 0 radical (unpaired) electrons. The highest BCUT2D eigenvalue weighted by Gasteiger charge is 2.11. The Balaban J connectivity index is 2.00. The molecule has 0 saturated carbocycles. The lowest BCUT2D eigenvalue weighted by Crippen LogP contribution is -2.00. The Labute approximate surface area is 154 Å². The molecular weight excluding hydrogens is 333 g/mol. The number of allylic oxidation sites excluding steroid dienone is 1. The molecule has 0 unspecified atom stereocenters. The van der Waals surface area contributed by atoms with Crippen LogP contribution >= 0.6 is 0 Å². The van der Waals surface area contributed by atoms with Gasteiger partial charge < -0.3 is 0 Å². The Morgan fingerprint density at radius 2 is 1.46 bits per heavy atom. The van der Waals surface area contributed by atoms with Crippen LogP contribution in [0.2, 0.25) is 0 Å². The number of unbranched alkanes of at least 4 members (excludes halogenated alkanes) is 2. The predicted octanol–water partition coefficient (Wildman–Crippen LogP) is 7.20. The number of hydrogen-bond donors (Lipinski definition) is 0. The van der Waals surface area contributed by atoms with E-state index in [0.717, 1.165) is 31.2 Å². The van der Waals surface area contributed by atoms with Gasteiger partial charge in [-0.3, -0.25) is 0 Å². The molecule has 0 aromatic heterocycles. The van der Waals surface area contributed by atoms with E-state index in [1.165, 1.54) is 12.1 Å². The van der Waals surface area contributed by atoms with E-state index >= 15 is 0 Å². The van der Waals surface area contributed by atoms with E-state index in [1.807, 2.05) is 26.0 Å². The molecule has 0 atom stereocenters. The van der Waals surface area contributed by atoms with Gasteiger partial charge in [-0.15, -0.1) is 0 Å². The summed E-state index contributed by atoms with van der Waals surface area (Å²) in [5.74, 6) is -1.11. The Morgan fingerprint density at radius 1 is 0.846 bits per heavy atom. The highest BCUT2D eigenvalue weighted by atomic mass is 19.1. The van der Waals surface area contributed by atoms with Gasteiger partial charge in [-0.25, -0.2) is 13.2 Å². The van der Waals surface area contributed by atoms with Crippen molar-refractivity contribution in [1.82, 2.24) is 0 Å². The third kappa shape index (κ3) is 5.76. The fraction of sp³-hybridized carbons (Fsp3) is 0.391. The third-order valence-corrected chi connectivity index (χ3v) is 4.53. The summed E-state index contributed by atoms with van der Waals surface area (Å²) < 4.78 is 42.1. The SMILES string of the molecule is CCCC=C(F)c1ccc(CCc2cc(F)c(CCCC)c(F)c2)cc1. The molecule has 0 heterocycles. The molecule has 0 bridgehead atoms. The number of aryl methyl sites for hydroxylation is 2. The van der Waals surface area contributed by atoms with Crippen molar-refractivity contribution in [2.75, 3.05) is 0 Å². The van der Waals surface area contributed by atoms with Crippen LogP contribution in [0.15, 0.2) is 42.5 Å². The zero-order chi connectivity index (χ0) is 18.9. The van der Waals surface area contributed by atoms with E-state index in [2.05, 4.69) is 0 Å². The van der Waals surface area contributed by atoms with Crippen molar-refractivity contribution >= 4 is 5.83 Å². The van der Waals surface area contributed by atoms with Crippen molar-refractivity contribution in [2.24, 2.45) is 0 Å². The Bertz CT molecular complexity index is 707. The van der Waals surface area contributed by atoms with Gasteiger partial charge in [0.1, 0.15) is 17.5 Å². The van der Waals surface area contributed by atoms with Crippen molar-refractivity contribution in [3.05, 3.63) is 76.4 Å². The number of benzene rings is 2. The lowest BCUT2D eigenvalue weighted by Gasteiger charge is -2.08. The average molecular weight is 360 g/mol. The summed E-state index contributed by atoms with van der Waals surface area (Å²) in [5.41, 5.74) is 2.43. The number of rotatable bonds is 9. The smallest absolute Gasteiger partial charge is 0.129 e. The summed E-state index contributed by atoms with van der Waals surface area (Å²) >= 11 is 0. The predicted molar refractivity (Wildman–Crippen MR) is 103 cm³/mol. The molecule has 0 N–H and O–H groups in total. The second-order valence-electron chi connectivity index (χ2n) is 6.68. The molecule has 0 saturated heterocycles. The van der Waals surface area contributed by atoms with Gasteiger partial charge in [-0.2, -0.15) is 0 Å². The molecule has 0 aliphatic rings. The second kappa shape index (κ2) is 10.2. The molecule has 2 rings (SSSR count). The fourth-order valence-electron chi connectivity index (χ4n) is 2.90. The summed E-state index contributed by atoms with van der Waals surface area (Å²) in [6.07, 6.45) is 6.57. The first-order valence-corrected chi connectivity index (χ1v) is 9.46. The normalized spacial score (nSPS) is 11.8. The lowest BCUT2D eigenvalue weighted by atomic mass is 9.99. The molecule has 0 aliphatic carbocycles. The van der Waals surface area contributed by atoms with Crippen LogP contribution in [0.4, 0.5) is 13.2 Å². The van der Waals surface area contributed by atoms with Gasteiger partial charge in [0.15, 0.2) is 0 Å². The van der Waals surface area contributed by atoms with Crippen LogP contribution in [0.1, 0.15) is 61.8 Å². The van der Waals surface area contributed by atoms with Crippen molar-refractivity contribution < 1.29 is 13.2 Å². The number of halogens is 3. The van der Waals surface area contributed by atoms with Crippen LogP contribution in [0.3, 0.4) is 0 Å². The maximum Gasteiger partial charge on any atom is 0.129 e. The molecular formula is C23H27F3. The Hall–Kier alpha value is -2.03. The largest absolute Gasteiger partial charge is 0.207 e.